The van der Waals surface area contributed by atoms with Gasteiger partial charge in [-0.05, 0) is 18.9 Å². The summed E-state index contributed by atoms with van der Waals surface area (Å²) in [6, 6.07) is 1.45. The van der Waals surface area contributed by atoms with Gasteiger partial charge in [0.25, 0.3) is 5.91 Å². The van der Waals surface area contributed by atoms with Crippen LogP contribution >= 0.6 is 23.2 Å². The molecular weight excluding hydrogens is 301 g/mol. The first-order valence-electron chi connectivity index (χ1n) is 6.47. The van der Waals surface area contributed by atoms with Gasteiger partial charge in [-0.3, -0.25) is 9.59 Å². The van der Waals surface area contributed by atoms with E-state index in [9.17, 15) is 9.59 Å². The molecule has 2 atom stereocenters. The van der Waals surface area contributed by atoms with E-state index in [0.717, 1.165) is 12.8 Å². The van der Waals surface area contributed by atoms with E-state index in [1.807, 2.05) is 0 Å². The van der Waals surface area contributed by atoms with Crippen molar-refractivity contribution in [1.82, 2.24) is 15.2 Å². The van der Waals surface area contributed by atoms with Crippen LogP contribution in [0.25, 0.3) is 0 Å². The zero-order valence-electron chi connectivity index (χ0n) is 10.6. The highest BCUT2D eigenvalue weighted by Gasteiger charge is 2.42. The van der Waals surface area contributed by atoms with Crippen LogP contribution in [0.2, 0.25) is 10.2 Å². The maximum atomic E-state index is 12.6. The van der Waals surface area contributed by atoms with Gasteiger partial charge in [-0.25, -0.2) is 4.98 Å². The molecule has 3 rings (SSSR count). The predicted molar refractivity (Wildman–Crippen MR) is 74.8 cm³/mol. The number of fused-ring (bicyclic) bond motifs is 1. The molecule has 2 unspecified atom stereocenters. The van der Waals surface area contributed by atoms with Gasteiger partial charge < -0.3 is 10.2 Å². The second-order valence-corrected chi connectivity index (χ2v) is 5.82. The summed E-state index contributed by atoms with van der Waals surface area (Å²) in [4.78, 5) is 29.9. The molecule has 3 heterocycles. The number of amides is 2. The third-order valence-electron chi connectivity index (χ3n) is 3.91. The van der Waals surface area contributed by atoms with Crippen LogP contribution in [0.3, 0.4) is 0 Å². The van der Waals surface area contributed by atoms with E-state index in [0.29, 0.717) is 18.7 Å². The van der Waals surface area contributed by atoms with Crippen LogP contribution in [0.5, 0.6) is 0 Å². The van der Waals surface area contributed by atoms with Crippen LogP contribution in [-0.2, 0) is 4.79 Å². The van der Waals surface area contributed by atoms with E-state index < -0.39 is 0 Å². The largest absolute Gasteiger partial charge is 0.354 e. The number of carbonyl (C=O) groups excluding carboxylic acids is 2. The zero-order chi connectivity index (χ0) is 14.3. The van der Waals surface area contributed by atoms with Gasteiger partial charge in [-0.2, -0.15) is 0 Å². The van der Waals surface area contributed by atoms with Crippen LogP contribution in [0.1, 0.15) is 23.2 Å². The standard InChI is InChI=1S/C13H13Cl2N3O2/c14-9-4-7(5-16-11(9)15)13(20)18-3-1-2-8-10(18)6-17-12(8)19/h4-5,8,10H,1-3,6H2,(H,17,19). The summed E-state index contributed by atoms with van der Waals surface area (Å²) in [6.07, 6.45) is 3.08. The minimum Gasteiger partial charge on any atom is -0.354 e. The maximum absolute atomic E-state index is 12.6. The molecule has 1 N–H and O–H groups in total. The number of carbonyl (C=O) groups is 2. The third kappa shape index (κ3) is 2.25. The van der Waals surface area contributed by atoms with Crippen molar-refractivity contribution in [2.45, 2.75) is 18.9 Å². The van der Waals surface area contributed by atoms with Crippen LogP contribution < -0.4 is 5.32 Å². The Morgan fingerprint density at radius 1 is 1.45 bits per heavy atom. The molecule has 1 aromatic rings. The molecule has 0 aliphatic carbocycles. The first-order valence-corrected chi connectivity index (χ1v) is 7.23. The Hall–Kier alpha value is -1.33. The number of piperidine rings is 1. The summed E-state index contributed by atoms with van der Waals surface area (Å²) in [5.74, 6) is -0.203. The van der Waals surface area contributed by atoms with Gasteiger partial charge in [0.15, 0.2) is 0 Å². The number of nitrogens with one attached hydrogen (secondary N) is 1. The molecule has 0 radical (unpaired) electrons. The fourth-order valence-electron chi connectivity index (χ4n) is 2.91. The lowest BCUT2D eigenvalue weighted by Gasteiger charge is -2.35. The lowest BCUT2D eigenvalue weighted by molar-refractivity contribution is -0.123. The Kier molecular flexibility index (Phi) is 3.56. The monoisotopic (exact) mass is 313 g/mol. The fourth-order valence-corrected chi connectivity index (χ4v) is 3.18. The molecule has 20 heavy (non-hydrogen) atoms. The molecule has 2 fully saturated rings. The lowest BCUT2D eigenvalue weighted by atomic mass is 9.91. The summed E-state index contributed by atoms with van der Waals surface area (Å²) in [5.41, 5.74) is 0.402. The summed E-state index contributed by atoms with van der Waals surface area (Å²) in [6.45, 7) is 1.17. The summed E-state index contributed by atoms with van der Waals surface area (Å²) < 4.78 is 0. The van der Waals surface area contributed by atoms with Gasteiger partial charge in [0, 0.05) is 19.3 Å². The third-order valence-corrected chi connectivity index (χ3v) is 4.59. The van der Waals surface area contributed by atoms with Crippen LogP contribution in [0.4, 0.5) is 0 Å². The number of hydrogen-bond donors (Lipinski definition) is 1. The average Bonchev–Trinajstić information content (AvgIpc) is 2.83. The van der Waals surface area contributed by atoms with Gasteiger partial charge in [-0.1, -0.05) is 23.2 Å². The number of pyridine rings is 1. The molecule has 0 spiro atoms. The van der Waals surface area contributed by atoms with E-state index in [1.54, 1.807) is 4.90 Å². The molecule has 0 aromatic carbocycles. The smallest absolute Gasteiger partial charge is 0.255 e. The molecule has 7 heteroatoms. The van der Waals surface area contributed by atoms with Crippen molar-refractivity contribution >= 4 is 35.0 Å². The van der Waals surface area contributed by atoms with Crippen molar-refractivity contribution in [2.75, 3.05) is 13.1 Å². The van der Waals surface area contributed by atoms with Crippen molar-refractivity contribution in [2.24, 2.45) is 5.92 Å². The predicted octanol–water partition coefficient (Wildman–Crippen LogP) is 1.74. The Morgan fingerprint density at radius 2 is 2.25 bits per heavy atom. The average molecular weight is 314 g/mol. The van der Waals surface area contributed by atoms with Crippen molar-refractivity contribution < 1.29 is 9.59 Å². The van der Waals surface area contributed by atoms with Crippen LogP contribution in [0.15, 0.2) is 12.3 Å². The molecule has 5 nitrogen and oxygen atoms in total. The first kappa shape index (κ1) is 13.6. The maximum Gasteiger partial charge on any atom is 0.255 e. The van der Waals surface area contributed by atoms with Crippen molar-refractivity contribution in [3.8, 4) is 0 Å². The van der Waals surface area contributed by atoms with E-state index in [-0.39, 0.29) is 33.9 Å². The molecular formula is C13H13Cl2N3O2. The number of halogens is 2. The molecule has 2 amide bonds. The number of nitrogens with zero attached hydrogens (tertiary/aromatic N) is 2. The Labute approximate surface area is 126 Å². The highest BCUT2D eigenvalue weighted by molar-refractivity contribution is 6.41. The summed E-state index contributed by atoms with van der Waals surface area (Å²) >= 11 is 11.7. The van der Waals surface area contributed by atoms with E-state index in [4.69, 9.17) is 23.2 Å². The molecule has 1 aromatic heterocycles. The summed E-state index contributed by atoms with van der Waals surface area (Å²) in [7, 11) is 0. The van der Waals surface area contributed by atoms with Crippen molar-refractivity contribution in [3.05, 3.63) is 28.0 Å². The van der Waals surface area contributed by atoms with Crippen molar-refractivity contribution in [1.29, 1.82) is 0 Å². The minimum atomic E-state index is -0.151. The second-order valence-electron chi connectivity index (χ2n) is 5.06. The van der Waals surface area contributed by atoms with Crippen LogP contribution in [-0.4, -0.2) is 40.8 Å². The SMILES string of the molecule is O=C1NCC2C1CCCN2C(=O)c1cnc(Cl)c(Cl)c1. The van der Waals surface area contributed by atoms with Crippen LogP contribution in [0, 0.1) is 5.92 Å². The molecule has 0 saturated carbocycles. The number of hydrogen-bond acceptors (Lipinski definition) is 3. The topological polar surface area (TPSA) is 62.3 Å². The van der Waals surface area contributed by atoms with E-state index in [1.165, 1.54) is 12.3 Å². The van der Waals surface area contributed by atoms with E-state index in [2.05, 4.69) is 10.3 Å². The number of aromatic nitrogens is 1. The minimum absolute atomic E-state index is 0.0414. The van der Waals surface area contributed by atoms with Gasteiger partial charge in [0.2, 0.25) is 5.91 Å². The first-order chi connectivity index (χ1) is 9.58. The van der Waals surface area contributed by atoms with Gasteiger partial charge >= 0.3 is 0 Å². The highest BCUT2D eigenvalue weighted by Crippen LogP contribution is 2.29. The molecule has 2 aliphatic rings. The number of rotatable bonds is 1. The molecule has 106 valence electrons. The van der Waals surface area contributed by atoms with Gasteiger partial charge in [0.1, 0.15) is 5.15 Å². The van der Waals surface area contributed by atoms with E-state index >= 15 is 0 Å². The Morgan fingerprint density at radius 3 is 3.00 bits per heavy atom. The molecule has 2 saturated heterocycles. The Balaban J connectivity index is 1.86. The Bertz CT molecular complexity index is 579. The quantitative estimate of drug-likeness (QED) is 0.803. The summed E-state index contributed by atoms with van der Waals surface area (Å²) in [5, 5.41) is 3.26. The van der Waals surface area contributed by atoms with Crippen molar-refractivity contribution in [3.63, 3.8) is 0 Å². The second kappa shape index (κ2) is 5.22. The molecule has 0 bridgehead atoms. The fraction of sp³-hybridized carbons (Fsp3) is 0.462. The highest BCUT2D eigenvalue weighted by atomic mass is 35.5. The molecule has 2 aliphatic heterocycles. The zero-order valence-corrected chi connectivity index (χ0v) is 12.1. The number of likely N-dealkylation sites (tertiary alicyclic amines) is 1. The van der Waals surface area contributed by atoms with Gasteiger partial charge in [0.05, 0.1) is 22.5 Å². The normalized spacial score (nSPS) is 25.3. The van der Waals surface area contributed by atoms with Gasteiger partial charge in [-0.15, -0.1) is 0 Å². The lowest BCUT2D eigenvalue weighted by Crippen LogP contribution is -2.48.